The molecule has 1 aromatic carbocycles. The molecule has 2 N–H and O–H groups in total. The summed E-state index contributed by atoms with van der Waals surface area (Å²) in [6.07, 6.45) is 0. The van der Waals surface area contributed by atoms with Gasteiger partial charge in [-0.1, -0.05) is 16.8 Å². The molecule has 0 unspecified atom stereocenters. The van der Waals surface area contributed by atoms with Crippen molar-refractivity contribution in [2.45, 2.75) is 0 Å². The predicted molar refractivity (Wildman–Crippen MR) is 70.1 cm³/mol. The van der Waals surface area contributed by atoms with E-state index in [1.807, 2.05) is 0 Å². The molecule has 7 nitrogen and oxygen atoms in total. The van der Waals surface area contributed by atoms with Gasteiger partial charge >= 0.3 is 0 Å². The minimum atomic E-state index is 0.0903. The number of hydrogen-bond acceptors (Lipinski definition) is 7. The van der Waals surface area contributed by atoms with Crippen molar-refractivity contribution in [2.24, 2.45) is 0 Å². The maximum atomic E-state index is 5.92. The number of halogens is 2. The second kappa shape index (κ2) is 4.63. The summed E-state index contributed by atoms with van der Waals surface area (Å²) in [7, 11) is 0. The molecule has 0 saturated heterocycles. The van der Waals surface area contributed by atoms with Crippen LogP contribution >= 0.6 is 27.5 Å². The molecule has 96 valence electrons. The van der Waals surface area contributed by atoms with E-state index < -0.39 is 0 Å². The van der Waals surface area contributed by atoms with Crippen molar-refractivity contribution in [3.8, 4) is 23.0 Å². The Kier molecular flexibility index (Phi) is 2.96. The van der Waals surface area contributed by atoms with Crippen LogP contribution in [-0.2, 0) is 0 Å². The third kappa shape index (κ3) is 2.20. The van der Waals surface area contributed by atoms with E-state index in [0.717, 1.165) is 10.0 Å². The summed E-state index contributed by atoms with van der Waals surface area (Å²) in [6.45, 7) is 0. The van der Waals surface area contributed by atoms with E-state index in [1.54, 1.807) is 18.2 Å². The minimum Gasteiger partial charge on any atom is -0.379 e. The summed E-state index contributed by atoms with van der Waals surface area (Å²) in [5.74, 6) is 0.613. The molecule has 0 aliphatic heterocycles. The number of anilines is 1. The topological polar surface area (TPSA) is 104 Å². The highest BCUT2D eigenvalue weighted by Crippen LogP contribution is 2.29. The van der Waals surface area contributed by atoms with Crippen LogP contribution in [0.5, 0.6) is 0 Å². The van der Waals surface area contributed by atoms with Crippen LogP contribution in [0, 0.1) is 0 Å². The van der Waals surface area contributed by atoms with Crippen molar-refractivity contribution in [3.63, 3.8) is 0 Å². The molecule has 9 heteroatoms. The molecule has 0 fully saturated rings. The Hall–Kier alpha value is -1.93. The molecule has 19 heavy (non-hydrogen) atoms. The molecule has 3 aromatic rings. The highest BCUT2D eigenvalue weighted by molar-refractivity contribution is 9.10. The molecule has 2 aromatic heterocycles. The molecule has 0 radical (unpaired) electrons. The van der Waals surface area contributed by atoms with Crippen molar-refractivity contribution in [1.29, 1.82) is 0 Å². The van der Waals surface area contributed by atoms with Gasteiger partial charge in [0.2, 0.25) is 17.3 Å². The minimum absolute atomic E-state index is 0.0903. The number of benzene rings is 1. The Morgan fingerprint density at radius 2 is 2.05 bits per heavy atom. The van der Waals surface area contributed by atoms with E-state index in [9.17, 15) is 0 Å². The summed E-state index contributed by atoms with van der Waals surface area (Å²) in [5.41, 5.74) is 6.50. The Morgan fingerprint density at radius 3 is 2.74 bits per heavy atom. The maximum Gasteiger partial charge on any atom is 0.284 e. The first-order valence-electron chi connectivity index (χ1n) is 5.02. The summed E-state index contributed by atoms with van der Waals surface area (Å²) in [6, 6.07) is 5.27. The largest absolute Gasteiger partial charge is 0.379 e. The third-order valence-corrected chi connectivity index (χ3v) is 3.53. The van der Waals surface area contributed by atoms with Gasteiger partial charge in [-0.25, -0.2) is 4.63 Å². The number of nitrogens with zero attached hydrogens (tertiary/aromatic N) is 4. The van der Waals surface area contributed by atoms with E-state index in [-0.39, 0.29) is 17.4 Å². The van der Waals surface area contributed by atoms with Crippen molar-refractivity contribution >= 4 is 33.3 Å². The predicted octanol–water partition coefficient (Wildman–Crippen LogP) is 2.78. The molecule has 2 heterocycles. The second-order valence-electron chi connectivity index (χ2n) is 3.55. The lowest BCUT2D eigenvalue weighted by Crippen LogP contribution is -1.88. The molecule has 0 atom stereocenters. The van der Waals surface area contributed by atoms with E-state index in [2.05, 4.69) is 41.0 Å². The van der Waals surface area contributed by atoms with Gasteiger partial charge in [0, 0.05) is 10.0 Å². The fourth-order valence-corrected chi connectivity index (χ4v) is 1.91. The van der Waals surface area contributed by atoms with Crippen molar-refractivity contribution < 1.29 is 9.15 Å². The Bertz CT molecular complexity index is 741. The molecule has 0 amide bonds. The average Bonchev–Trinajstić information content (AvgIpc) is 3.01. The summed E-state index contributed by atoms with van der Waals surface area (Å²) < 4.78 is 10.3. The van der Waals surface area contributed by atoms with Crippen molar-refractivity contribution in [3.05, 3.63) is 27.7 Å². The van der Waals surface area contributed by atoms with Gasteiger partial charge in [0.1, 0.15) is 0 Å². The van der Waals surface area contributed by atoms with Crippen LogP contribution in [0.15, 0.2) is 31.8 Å². The zero-order chi connectivity index (χ0) is 13.4. The van der Waals surface area contributed by atoms with Gasteiger partial charge in [-0.2, -0.15) is 4.98 Å². The van der Waals surface area contributed by atoms with Crippen LogP contribution in [0.3, 0.4) is 0 Å². The van der Waals surface area contributed by atoms with Gasteiger partial charge in [-0.15, -0.1) is 0 Å². The number of nitrogen functional groups attached to an aromatic ring is 1. The van der Waals surface area contributed by atoms with Gasteiger partial charge in [0.25, 0.3) is 5.89 Å². The second-order valence-corrected chi connectivity index (χ2v) is 4.81. The van der Waals surface area contributed by atoms with Gasteiger partial charge in [0.15, 0.2) is 0 Å². The van der Waals surface area contributed by atoms with E-state index >= 15 is 0 Å². The maximum absolute atomic E-state index is 5.92. The number of hydrogen-bond donors (Lipinski definition) is 1. The Morgan fingerprint density at radius 1 is 1.21 bits per heavy atom. The first-order chi connectivity index (χ1) is 9.15. The highest BCUT2D eigenvalue weighted by Gasteiger charge is 2.18. The van der Waals surface area contributed by atoms with Crippen molar-refractivity contribution in [1.82, 2.24) is 20.5 Å². The summed E-state index contributed by atoms with van der Waals surface area (Å²) >= 11 is 9.24. The average molecular weight is 343 g/mol. The van der Waals surface area contributed by atoms with Crippen LogP contribution in [0.1, 0.15) is 0 Å². The van der Waals surface area contributed by atoms with E-state index in [0.29, 0.717) is 10.8 Å². The Balaban J connectivity index is 2.01. The lowest BCUT2D eigenvalue weighted by molar-refractivity contribution is 0.308. The smallest absolute Gasteiger partial charge is 0.284 e. The van der Waals surface area contributed by atoms with Crippen LogP contribution in [0.2, 0.25) is 5.02 Å². The molecule has 0 spiro atoms. The quantitative estimate of drug-likeness (QED) is 0.763. The third-order valence-electron chi connectivity index (χ3n) is 2.32. The fraction of sp³-hybridized carbons (Fsp3) is 0. The van der Waals surface area contributed by atoms with Gasteiger partial charge in [0.05, 0.1) is 5.02 Å². The molecular weight excluding hydrogens is 338 g/mol. The molecular formula is C10H5BrClN5O2. The molecule has 0 aliphatic rings. The zero-order valence-electron chi connectivity index (χ0n) is 9.17. The molecule has 0 aliphatic carbocycles. The normalized spacial score (nSPS) is 10.8. The summed E-state index contributed by atoms with van der Waals surface area (Å²) in [4.78, 5) is 4.17. The standard InChI is InChI=1S/C10H5BrClN5O2/c11-5-3-4(1-2-6(5)12)9-14-10(18-17-9)7-8(13)16-19-15-7/h1-3H,(H2,13,16). The molecule has 0 bridgehead atoms. The molecule has 3 rings (SSSR count). The lowest BCUT2D eigenvalue weighted by atomic mass is 10.2. The lowest BCUT2D eigenvalue weighted by Gasteiger charge is -1.97. The SMILES string of the molecule is Nc1nonc1-c1nc(-c2ccc(Cl)c(Br)c2)no1. The highest BCUT2D eigenvalue weighted by atomic mass is 79.9. The van der Waals surface area contributed by atoms with Crippen LogP contribution in [0.4, 0.5) is 5.82 Å². The first kappa shape index (κ1) is 12.1. The van der Waals surface area contributed by atoms with Crippen LogP contribution in [-0.4, -0.2) is 20.5 Å². The zero-order valence-corrected chi connectivity index (χ0v) is 11.5. The van der Waals surface area contributed by atoms with Gasteiger partial charge in [-0.3, -0.25) is 0 Å². The first-order valence-corrected chi connectivity index (χ1v) is 6.20. The van der Waals surface area contributed by atoms with Gasteiger partial charge < -0.3 is 10.3 Å². The van der Waals surface area contributed by atoms with Crippen LogP contribution in [0.25, 0.3) is 23.0 Å². The van der Waals surface area contributed by atoms with E-state index in [4.69, 9.17) is 21.9 Å². The number of nitrogens with two attached hydrogens (primary N) is 1. The van der Waals surface area contributed by atoms with Crippen molar-refractivity contribution in [2.75, 3.05) is 5.73 Å². The summed E-state index contributed by atoms with van der Waals surface area (Å²) in [5, 5.41) is 11.5. The van der Waals surface area contributed by atoms with Gasteiger partial charge in [-0.05, 0) is 44.4 Å². The monoisotopic (exact) mass is 341 g/mol. The van der Waals surface area contributed by atoms with E-state index in [1.165, 1.54) is 0 Å². The Labute approximate surface area is 119 Å². The fourth-order valence-electron chi connectivity index (χ4n) is 1.42. The van der Waals surface area contributed by atoms with Crippen LogP contribution < -0.4 is 5.73 Å². The number of rotatable bonds is 2. The number of aromatic nitrogens is 4. The molecule has 0 saturated carbocycles.